The molecule has 0 spiro atoms. The molecule has 1 N–H and O–H groups in total. The molecule has 3 aromatic rings. The van der Waals surface area contributed by atoms with Crippen molar-refractivity contribution >= 4 is 16.9 Å². The minimum atomic E-state index is -0.344. The van der Waals surface area contributed by atoms with Gasteiger partial charge in [-0.2, -0.15) is 4.98 Å². The molecule has 6 nitrogen and oxygen atoms in total. The summed E-state index contributed by atoms with van der Waals surface area (Å²) in [4.78, 5) is 27.6. The Morgan fingerprint density at radius 1 is 0.966 bits per heavy atom. The summed E-state index contributed by atoms with van der Waals surface area (Å²) in [7, 11) is 0. The second kappa shape index (κ2) is 11.3. The Morgan fingerprint density at radius 3 is 2.28 bits per heavy atom. The van der Waals surface area contributed by atoms with Gasteiger partial charge >= 0.3 is 5.69 Å². The van der Waals surface area contributed by atoms with E-state index in [0.717, 1.165) is 43.9 Å². The highest BCUT2D eigenvalue weighted by Crippen LogP contribution is 2.21. The van der Waals surface area contributed by atoms with Crippen molar-refractivity contribution in [3.63, 3.8) is 0 Å². The number of rotatable bonds is 3. The summed E-state index contributed by atoms with van der Waals surface area (Å²) in [6.07, 6.45) is 1.68. The summed E-state index contributed by atoms with van der Waals surface area (Å²) in [5.74, 6) is 0.738. The molecule has 0 bridgehead atoms. The fraction of sp³-hybridized carbons (Fsp3) is 0.435. The zero-order chi connectivity index (χ0) is 21.2. The van der Waals surface area contributed by atoms with E-state index in [0.29, 0.717) is 5.65 Å². The lowest BCUT2D eigenvalue weighted by molar-refractivity contribution is 0.249. The second-order valence-corrected chi connectivity index (χ2v) is 6.51. The van der Waals surface area contributed by atoms with Crippen LogP contribution in [-0.4, -0.2) is 46.0 Å². The number of fused-ring (bicyclic) bond motifs is 1. The maximum absolute atomic E-state index is 11.8. The third kappa shape index (κ3) is 5.87. The van der Waals surface area contributed by atoms with Crippen molar-refractivity contribution in [3.8, 4) is 0 Å². The van der Waals surface area contributed by atoms with Gasteiger partial charge in [0.15, 0.2) is 0 Å². The van der Waals surface area contributed by atoms with Crippen molar-refractivity contribution in [3.05, 3.63) is 64.2 Å². The molecule has 4 rings (SSSR count). The summed E-state index contributed by atoms with van der Waals surface area (Å²) < 4.78 is 0. The normalized spacial score (nSPS) is 13.9. The van der Waals surface area contributed by atoms with Gasteiger partial charge in [0.2, 0.25) is 0 Å². The molecule has 6 heteroatoms. The molecular formula is C23H33N5O. The van der Waals surface area contributed by atoms with Crippen LogP contribution in [0.2, 0.25) is 0 Å². The number of hydrogen-bond acceptors (Lipinski definition) is 5. The molecule has 3 heterocycles. The van der Waals surface area contributed by atoms with Crippen LogP contribution in [0.1, 0.15) is 38.8 Å². The molecule has 1 saturated heterocycles. The molecular weight excluding hydrogens is 362 g/mol. The number of H-pyrrole nitrogens is 1. The van der Waals surface area contributed by atoms with E-state index < -0.39 is 0 Å². The molecule has 0 atom stereocenters. The van der Waals surface area contributed by atoms with Crippen molar-refractivity contribution < 1.29 is 0 Å². The molecule has 1 aromatic carbocycles. The number of hydrogen-bond donors (Lipinski definition) is 1. The summed E-state index contributed by atoms with van der Waals surface area (Å²) in [5.41, 5.74) is 2.88. The van der Waals surface area contributed by atoms with Crippen LogP contribution in [0.15, 0.2) is 47.4 Å². The molecule has 0 saturated carbocycles. The standard InChI is InChI=1S/C19H21N5O.2C2H6/c1-14-4-6-15(7-5-14)13-23-9-11-24(12-10-23)18-16-3-2-8-20-17(16)21-19(25)22-18;2*1-2/h2-8H,9-13H2,1H3,(H,20,21,22,25);2*1-2H3. The van der Waals surface area contributed by atoms with Crippen LogP contribution in [0.25, 0.3) is 11.0 Å². The maximum Gasteiger partial charge on any atom is 0.348 e. The van der Waals surface area contributed by atoms with Crippen LogP contribution in [0, 0.1) is 6.92 Å². The van der Waals surface area contributed by atoms with E-state index in [1.807, 2.05) is 39.8 Å². The fourth-order valence-corrected chi connectivity index (χ4v) is 3.28. The van der Waals surface area contributed by atoms with Gasteiger partial charge in [-0.05, 0) is 24.6 Å². The summed E-state index contributed by atoms with van der Waals surface area (Å²) >= 11 is 0. The minimum Gasteiger partial charge on any atom is -0.353 e. The Balaban J connectivity index is 0.000000707. The molecule has 29 heavy (non-hydrogen) atoms. The third-order valence-corrected chi connectivity index (χ3v) is 4.68. The highest BCUT2D eigenvalue weighted by molar-refractivity contribution is 5.86. The molecule has 2 aromatic heterocycles. The van der Waals surface area contributed by atoms with E-state index in [1.165, 1.54) is 11.1 Å². The Kier molecular flexibility index (Phi) is 8.80. The van der Waals surface area contributed by atoms with Gasteiger partial charge in [-0.1, -0.05) is 57.5 Å². The number of nitrogens with zero attached hydrogens (tertiary/aromatic N) is 4. The molecule has 0 aliphatic carbocycles. The van der Waals surface area contributed by atoms with Gasteiger partial charge in [-0.25, -0.2) is 9.78 Å². The number of aryl methyl sites for hydroxylation is 1. The number of aromatic amines is 1. The van der Waals surface area contributed by atoms with Crippen LogP contribution >= 0.6 is 0 Å². The molecule has 0 radical (unpaired) electrons. The lowest BCUT2D eigenvalue weighted by Gasteiger charge is -2.35. The van der Waals surface area contributed by atoms with E-state index in [-0.39, 0.29) is 5.69 Å². The highest BCUT2D eigenvalue weighted by atomic mass is 16.1. The Bertz CT molecular complexity index is 928. The molecule has 1 aliphatic rings. The number of anilines is 1. The molecule has 1 fully saturated rings. The summed E-state index contributed by atoms with van der Waals surface area (Å²) in [6.45, 7) is 14.7. The second-order valence-electron chi connectivity index (χ2n) is 6.51. The van der Waals surface area contributed by atoms with E-state index in [1.54, 1.807) is 6.20 Å². The van der Waals surface area contributed by atoms with E-state index in [9.17, 15) is 4.79 Å². The first-order chi connectivity index (χ1) is 14.2. The average molecular weight is 396 g/mol. The summed E-state index contributed by atoms with van der Waals surface area (Å²) in [5, 5.41) is 0.897. The van der Waals surface area contributed by atoms with Gasteiger partial charge in [-0.15, -0.1) is 0 Å². The predicted molar refractivity (Wildman–Crippen MR) is 122 cm³/mol. The van der Waals surface area contributed by atoms with Crippen molar-refractivity contribution in [1.82, 2.24) is 19.9 Å². The van der Waals surface area contributed by atoms with Gasteiger partial charge in [0.25, 0.3) is 0 Å². The van der Waals surface area contributed by atoms with Gasteiger partial charge in [0.1, 0.15) is 11.5 Å². The SMILES string of the molecule is CC.CC.Cc1ccc(CN2CCN(c3nc(=O)[nH]c4ncccc34)CC2)cc1. The Hall–Kier alpha value is -2.73. The van der Waals surface area contributed by atoms with Crippen molar-refractivity contribution in [1.29, 1.82) is 0 Å². The third-order valence-electron chi connectivity index (χ3n) is 4.68. The topological polar surface area (TPSA) is 65.1 Å². The van der Waals surface area contributed by atoms with Crippen molar-refractivity contribution in [2.24, 2.45) is 0 Å². The molecule has 1 aliphatic heterocycles. The zero-order valence-corrected chi connectivity index (χ0v) is 18.3. The first-order valence-electron chi connectivity index (χ1n) is 10.6. The number of pyridine rings is 1. The number of nitrogens with one attached hydrogen (secondary N) is 1. The van der Waals surface area contributed by atoms with Gasteiger partial charge < -0.3 is 4.90 Å². The van der Waals surface area contributed by atoms with Crippen molar-refractivity contribution in [2.75, 3.05) is 31.1 Å². The average Bonchev–Trinajstić information content (AvgIpc) is 2.78. The van der Waals surface area contributed by atoms with Crippen LogP contribution in [0.3, 0.4) is 0 Å². The van der Waals surface area contributed by atoms with Crippen LogP contribution in [0.4, 0.5) is 5.82 Å². The minimum absolute atomic E-state index is 0.344. The molecule has 0 unspecified atom stereocenters. The number of aromatic nitrogens is 3. The van der Waals surface area contributed by atoms with E-state index in [4.69, 9.17) is 0 Å². The first-order valence-corrected chi connectivity index (χ1v) is 10.6. The van der Waals surface area contributed by atoms with Gasteiger partial charge in [-0.3, -0.25) is 9.88 Å². The quantitative estimate of drug-likeness (QED) is 0.726. The zero-order valence-electron chi connectivity index (χ0n) is 18.3. The van der Waals surface area contributed by atoms with Gasteiger partial charge in [0.05, 0.1) is 5.39 Å². The Morgan fingerprint density at radius 2 is 1.62 bits per heavy atom. The maximum atomic E-state index is 11.8. The molecule has 156 valence electrons. The molecule has 0 amide bonds. The first kappa shape index (κ1) is 22.6. The van der Waals surface area contributed by atoms with Crippen molar-refractivity contribution in [2.45, 2.75) is 41.2 Å². The van der Waals surface area contributed by atoms with E-state index >= 15 is 0 Å². The monoisotopic (exact) mass is 395 g/mol. The van der Waals surface area contributed by atoms with Crippen LogP contribution < -0.4 is 10.6 Å². The Labute approximate surface area is 173 Å². The van der Waals surface area contributed by atoms with Gasteiger partial charge in [0, 0.05) is 38.9 Å². The van der Waals surface area contributed by atoms with Crippen LogP contribution in [-0.2, 0) is 6.54 Å². The fourth-order valence-electron chi connectivity index (χ4n) is 3.28. The largest absolute Gasteiger partial charge is 0.353 e. The van der Waals surface area contributed by atoms with Crippen LogP contribution in [0.5, 0.6) is 0 Å². The lowest BCUT2D eigenvalue weighted by atomic mass is 10.1. The lowest BCUT2D eigenvalue weighted by Crippen LogP contribution is -2.46. The highest BCUT2D eigenvalue weighted by Gasteiger charge is 2.20. The smallest absolute Gasteiger partial charge is 0.348 e. The number of benzene rings is 1. The summed E-state index contributed by atoms with van der Waals surface area (Å²) in [6, 6.07) is 12.5. The van der Waals surface area contributed by atoms with E-state index in [2.05, 4.69) is 55.9 Å². The number of piperazine rings is 1. The predicted octanol–water partition coefficient (Wildman–Crippen LogP) is 4.00.